The molecule has 0 spiro atoms. The zero-order chi connectivity index (χ0) is 11.0. The van der Waals surface area contributed by atoms with Gasteiger partial charge in [0.05, 0.1) is 5.52 Å². The van der Waals surface area contributed by atoms with Gasteiger partial charge in [0.15, 0.2) is 0 Å². The third kappa shape index (κ3) is 1.75. The molecule has 1 aromatic carbocycles. The zero-order valence-electron chi connectivity index (χ0n) is 8.84. The van der Waals surface area contributed by atoms with E-state index in [1.807, 2.05) is 31.3 Å². The maximum Gasteiger partial charge on any atom is 0.0719 e. The number of nitrogens with zero attached hydrogens (tertiary/aromatic N) is 1. The van der Waals surface area contributed by atoms with Crippen LogP contribution in [-0.2, 0) is 0 Å². The fourth-order valence-electron chi connectivity index (χ4n) is 1.73. The highest BCUT2D eigenvalue weighted by atomic mass is 35.5. The minimum absolute atomic E-state index is 0.720. The summed E-state index contributed by atoms with van der Waals surface area (Å²) in [5.41, 5.74) is 4.30. The largest absolute Gasteiger partial charge is 0.256 e. The molecule has 0 fully saturated rings. The van der Waals surface area contributed by atoms with Crippen molar-refractivity contribution in [2.24, 2.45) is 0 Å². The standard InChI is InChI=1S/C13H12ClN/c1-8(2)12-7-15-13-6-10(14)4-5-11(13)9(12)3/h4-7H,1H2,2-3H3. The summed E-state index contributed by atoms with van der Waals surface area (Å²) in [5, 5.41) is 1.86. The van der Waals surface area contributed by atoms with E-state index in [-0.39, 0.29) is 0 Å². The fourth-order valence-corrected chi connectivity index (χ4v) is 1.90. The van der Waals surface area contributed by atoms with Gasteiger partial charge in [-0.3, -0.25) is 4.98 Å². The van der Waals surface area contributed by atoms with E-state index in [0.717, 1.165) is 27.1 Å². The van der Waals surface area contributed by atoms with Crippen LogP contribution in [0.15, 0.2) is 31.0 Å². The molecule has 0 N–H and O–H groups in total. The smallest absolute Gasteiger partial charge is 0.0719 e. The highest BCUT2D eigenvalue weighted by molar-refractivity contribution is 6.31. The van der Waals surface area contributed by atoms with Crippen molar-refractivity contribution >= 4 is 28.1 Å². The Kier molecular flexibility index (Phi) is 2.49. The number of hydrogen-bond donors (Lipinski definition) is 0. The Labute approximate surface area is 94.4 Å². The van der Waals surface area contributed by atoms with Gasteiger partial charge in [0, 0.05) is 16.6 Å². The third-order valence-corrected chi connectivity index (χ3v) is 2.80. The van der Waals surface area contributed by atoms with Crippen LogP contribution in [0.3, 0.4) is 0 Å². The molecule has 0 radical (unpaired) electrons. The summed E-state index contributed by atoms with van der Waals surface area (Å²) in [5.74, 6) is 0. The van der Waals surface area contributed by atoms with Crippen molar-refractivity contribution in [1.82, 2.24) is 4.98 Å². The van der Waals surface area contributed by atoms with Crippen LogP contribution in [0.2, 0.25) is 5.02 Å². The lowest BCUT2D eigenvalue weighted by molar-refractivity contribution is 1.33. The second-order valence-electron chi connectivity index (χ2n) is 3.74. The van der Waals surface area contributed by atoms with Crippen LogP contribution >= 0.6 is 11.6 Å². The van der Waals surface area contributed by atoms with Crippen LogP contribution in [0.1, 0.15) is 18.1 Å². The van der Waals surface area contributed by atoms with Gasteiger partial charge in [0.25, 0.3) is 0 Å². The molecule has 1 nitrogen and oxygen atoms in total. The molecule has 1 heterocycles. The monoisotopic (exact) mass is 217 g/mol. The number of rotatable bonds is 1. The average molecular weight is 218 g/mol. The van der Waals surface area contributed by atoms with Gasteiger partial charge < -0.3 is 0 Å². The van der Waals surface area contributed by atoms with Crippen molar-refractivity contribution in [2.45, 2.75) is 13.8 Å². The van der Waals surface area contributed by atoms with Crippen LogP contribution in [0.4, 0.5) is 0 Å². The lowest BCUT2D eigenvalue weighted by atomic mass is 10.0. The van der Waals surface area contributed by atoms with E-state index in [0.29, 0.717) is 0 Å². The van der Waals surface area contributed by atoms with Gasteiger partial charge in [-0.25, -0.2) is 0 Å². The molecular formula is C13H12ClN. The van der Waals surface area contributed by atoms with E-state index in [2.05, 4.69) is 18.5 Å². The molecule has 0 aliphatic heterocycles. The van der Waals surface area contributed by atoms with Crippen molar-refractivity contribution in [2.75, 3.05) is 0 Å². The molecule has 2 rings (SSSR count). The summed E-state index contributed by atoms with van der Waals surface area (Å²) in [6.07, 6.45) is 1.86. The lowest BCUT2D eigenvalue weighted by Gasteiger charge is -2.08. The highest BCUT2D eigenvalue weighted by Gasteiger charge is 2.05. The van der Waals surface area contributed by atoms with Crippen LogP contribution < -0.4 is 0 Å². The van der Waals surface area contributed by atoms with Crippen LogP contribution in [0.25, 0.3) is 16.5 Å². The van der Waals surface area contributed by atoms with Gasteiger partial charge in [0.1, 0.15) is 0 Å². The molecule has 1 aromatic heterocycles. The second-order valence-corrected chi connectivity index (χ2v) is 4.18. The number of allylic oxidation sites excluding steroid dienone is 1. The van der Waals surface area contributed by atoms with Gasteiger partial charge in [0.2, 0.25) is 0 Å². The van der Waals surface area contributed by atoms with Gasteiger partial charge in [-0.15, -0.1) is 0 Å². The normalized spacial score (nSPS) is 10.6. The summed E-state index contributed by atoms with van der Waals surface area (Å²) < 4.78 is 0. The molecule has 0 aliphatic carbocycles. The predicted molar refractivity (Wildman–Crippen MR) is 66.2 cm³/mol. The Morgan fingerprint density at radius 1 is 1.40 bits per heavy atom. The Morgan fingerprint density at radius 2 is 2.13 bits per heavy atom. The molecule has 0 bridgehead atoms. The maximum atomic E-state index is 5.92. The molecule has 0 amide bonds. The topological polar surface area (TPSA) is 12.9 Å². The second kappa shape index (κ2) is 3.67. The van der Waals surface area contributed by atoms with E-state index in [9.17, 15) is 0 Å². The zero-order valence-corrected chi connectivity index (χ0v) is 9.60. The van der Waals surface area contributed by atoms with Crippen molar-refractivity contribution in [3.63, 3.8) is 0 Å². The molecule has 15 heavy (non-hydrogen) atoms. The highest BCUT2D eigenvalue weighted by Crippen LogP contribution is 2.25. The molecule has 0 atom stereocenters. The number of pyridine rings is 1. The first-order chi connectivity index (χ1) is 7.09. The molecule has 0 aliphatic rings. The molecule has 2 heteroatoms. The Morgan fingerprint density at radius 3 is 2.80 bits per heavy atom. The maximum absolute atomic E-state index is 5.92. The van der Waals surface area contributed by atoms with Gasteiger partial charge in [-0.05, 0) is 42.7 Å². The fraction of sp³-hybridized carbons (Fsp3) is 0.154. The van der Waals surface area contributed by atoms with Crippen LogP contribution in [-0.4, -0.2) is 4.98 Å². The molecule has 0 saturated carbocycles. The quantitative estimate of drug-likeness (QED) is 0.697. The molecule has 0 saturated heterocycles. The van der Waals surface area contributed by atoms with E-state index in [1.54, 1.807) is 0 Å². The molecule has 2 aromatic rings. The Bertz CT molecular complexity index is 543. The summed E-state index contributed by atoms with van der Waals surface area (Å²) >= 11 is 5.92. The number of fused-ring (bicyclic) bond motifs is 1. The summed E-state index contributed by atoms with van der Waals surface area (Å²) in [6.45, 7) is 8.02. The number of aryl methyl sites for hydroxylation is 1. The lowest BCUT2D eigenvalue weighted by Crippen LogP contribution is -1.90. The van der Waals surface area contributed by atoms with E-state index >= 15 is 0 Å². The van der Waals surface area contributed by atoms with Crippen LogP contribution in [0, 0.1) is 6.92 Å². The van der Waals surface area contributed by atoms with Crippen molar-refractivity contribution in [1.29, 1.82) is 0 Å². The molecule has 0 unspecified atom stereocenters. The van der Waals surface area contributed by atoms with Gasteiger partial charge >= 0.3 is 0 Å². The first kappa shape index (κ1) is 10.2. The van der Waals surface area contributed by atoms with Crippen molar-refractivity contribution in [3.8, 4) is 0 Å². The SMILES string of the molecule is C=C(C)c1cnc2cc(Cl)ccc2c1C. The summed E-state index contributed by atoms with van der Waals surface area (Å²) in [4.78, 5) is 4.38. The van der Waals surface area contributed by atoms with Crippen molar-refractivity contribution < 1.29 is 0 Å². The first-order valence-electron chi connectivity index (χ1n) is 4.80. The molecular weight excluding hydrogens is 206 g/mol. The summed E-state index contributed by atoms with van der Waals surface area (Å²) in [7, 11) is 0. The molecule has 76 valence electrons. The minimum Gasteiger partial charge on any atom is -0.256 e. The average Bonchev–Trinajstić information content (AvgIpc) is 2.17. The summed E-state index contributed by atoms with van der Waals surface area (Å²) in [6, 6.07) is 5.78. The van der Waals surface area contributed by atoms with E-state index in [4.69, 9.17) is 11.6 Å². The van der Waals surface area contributed by atoms with Crippen molar-refractivity contribution in [3.05, 3.63) is 47.1 Å². The number of halogens is 1. The van der Waals surface area contributed by atoms with Gasteiger partial charge in [-0.2, -0.15) is 0 Å². The van der Waals surface area contributed by atoms with Crippen LogP contribution in [0.5, 0.6) is 0 Å². The third-order valence-electron chi connectivity index (χ3n) is 2.56. The number of benzene rings is 1. The Balaban J connectivity index is 2.80. The van der Waals surface area contributed by atoms with E-state index < -0.39 is 0 Å². The Hall–Kier alpha value is -1.34. The predicted octanol–water partition coefficient (Wildman–Crippen LogP) is 4.23. The number of hydrogen-bond acceptors (Lipinski definition) is 1. The first-order valence-corrected chi connectivity index (χ1v) is 5.18. The van der Waals surface area contributed by atoms with E-state index in [1.165, 1.54) is 5.56 Å². The minimum atomic E-state index is 0.720. The van der Waals surface area contributed by atoms with Gasteiger partial charge in [-0.1, -0.05) is 24.2 Å². The number of aromatic nitrogens is 1.